The number of hydrogen-bond acceptors (Lipinski definition) is 6. The SMILES string of the molecule is CCOC(=O)C1=C(CN2CCN(C(=O)c3ccc(Cl)cc3)CC2)N(CC)C(=O)NC1c1cccc(Oc2ccccc2)c1. The Morgan fingerprint density at radius 3 is 2.28 bits per heavy atom. The molecule has 3 aromatic rings. The van der Waals surface area contributed by atoms with E-state index in [0.29, 0.717) is 78.2 Å². The molecule has 0 aromatic heterocycles. The summed E-state index contributed by atoms with van der Waals surface area (Å²) in [6.45, 7) is 6.78. The number of rotatable bonds is 9. The van der Waals surface area contributed by atoms with Crippen LogP contribution in [0.1, 0.15) is 35.8 Å². The number of hydrogen-bond donors (Lipinski definition) is 1. The van der Waals surface area contributed by atoms with Gasteiger partial charge in [-0.1, -0.05) is 41.9 Å². The van der Waals surface area contributed by atoms with Crippen LogP contribution < -0.4 is 10.1 Å². The highest BCUT2D eigenvalue weighted by molar-refractivity contribution is 6.30. The third-order valence-corrected chi connectivity index (χ3v) is 7.80. The Bertz CT molecular complexity index is 1490. The van der Waals surface area contributed by atoms with Crippen LogP contribution in [0.25, 0.3) is 0 Å². The van der Waals surface area contributed by atoms with E-state index in [-0.39, 0.29) is 18.5 Å². The summed E-state index contributed by atoms with van der Waals surface area (Å²) in [5.74, 6) is 0.738. The second-order valence-electron chi connectivity index (χ2n) is 10.3. The van der Waals surface area contributed by atoms with Crippen LogP contribution in [-0.4, -0.2) is 78.5 Å². The number of amides is 3. The number of likely N-dealkylation sites (N-methyl/N-ethyl adjacent to an activating group) is 1. The molecule has 2 aliphatic heterocycles. The smallest absolute Gasteiger partial charge is 0.338 e. The van der Waals surface area contributed by atoms with Gasteiger partial charge in [-0.2, -0.15) is 0 Å². The number of esters is 1. The predicted molar refractivity (Wildman–Crippen MR) is 164 cm³/mol. The van der Waals surface area contributed by atoms with Gasteiger partial charge in [-0.05, 0) is 67.9 Å². The number of nitrogens with one attached hydrogen (secondary N) is 1. The van der Waals surface area contributed by atoms with E-state index in [0.717, 1.165) is 0 Å². The first kappa shape index (κ1) is 30.1. The third-order valence-electron chi connectivity index (χ3n) is 7.54. The molecule has 0 radical (unpaired) electrons. The summed E-state index contributed by atoms with van der Waals surface area (Å²) in [7, 11) is 0. The molecule has 1 saturated heterocycles. The van der Waals surface area contributed by atoms with E-state index in [4.69, 9.17) is 21.1 Å². The van der Waals surface area contributed by atoms with Crippen molar-refractivity contribution < 1.29 is 23.9 Å². The van der Waals surface area contributed by atoms with Crippen LogP contribution >= 0.6 is 11.6 Å². The van der Waals surface area contributed by atoms with E-state index in [1.165, 1.54) is 0 Å². The summed E-state index contributed by atoms with van der Waals surface area (Å²) < 4.78 is 11.6. The normalized spacial score (nSPS) is 17.5. The number of para-hydroxylation sites is 1. The molecule has 3 aromatic carbocycles. The average molecular weight is 603 g/mol. The quantitative estimate of drug-likeness (QED) is 0.326. The van der Waals surface area contributed by atoms with E-state index >= 15 is 0 Å². The van der Waals surface area contributed by atoms with Gasteiger partial charge in [0.1, 0.15) is 11.5 Å². The molecule has 10 heteroatoms. The van der Waals surface area contributed by atoms with Crippen LogP contribution in [-0.2, 0) is 9.53 Å². The van der Waals surface area contributed by atoms with Gasteiger partial charge in [-0.3, -0.25) is 14.6 Å². The number of benzene rings is 3. The lowest BCUT2D eigenvalue weighted by atomic mass is 9.94. The lowest BCUT2D eigenvalue weighted by molar-refractivity contribution is -0.139. The highest BCUT2D eigenvalue weighted by Gasteiger charge is 2.39. The Balaban J connectivity index is 1.41. The number of carbonyl (C=O) groups is 3. The maximum Gasteiger partial charge on any atom is 0.338 e. The average Bonchev–Trinajstić information content (AvgIpc) is 3.02. The fourth-order valence-electron chi connectivity index (χ4n) is 5.39. The van der Waals surface area contributed by atoms with Crippen molar-refractivity contribution in [1.82, 2.24) is 20.0 Å². The second kappa shape index (κ2) is 13.8. The summed E-state index contributed by atoms with van der Waals surface area (Å²) in [4.78, 5) is 45.5. The van der Waals surface area contributed by atoms with Gasteiger partial charge in [0.15, 0.2) is 0 Å². The standard InChI is InChI=1S/C33H35ClN4O5/c1-3-38-28(22-36-17-19-37(20-18-36)31(39)23-13-15-25(34)16-14-23)29(32(40)42-4-2)30(35-33(38)41)24-9-8-12-27(21-24)43-26-10-6-5-7-11-26/h5-16,21,30H,3-4,17-20,22H2,1-2H3,(H,35,41). The second-order valence-corrected chi connectivity index (χ2v) is 10.7. The monoisotopic (exact) mass is 602 g/mol. The minimum Gasteiger partial charge on any atom is -0.463 e. The molecule has 43 heavy (non-hydrogen) atoms. The van der Waals surface area contributed by atoms with Gasteiger partial charge >= 0.3 is 12.0 Å². The van der Waals surface area contributed by atoms with Crippen LogP contribution in [0.4, 0.5) is 4.79 Å². The number of piperazine rings is 1. The molecule has 3 amide bonds. The number of carbonyl (C=O) groups excluding carboxylic acids is 3. The predicted octanol–water partition coefficient (Wildman–Crippen LogP) is 5.49. The van der Waals surface area contributed by atoms with Crippen molar-refractivity contribution in [3.63, 3.8) is 0 Å². The molecule has 5 rings (SSSR count). The zero-order chi connectivity index (χ0) is 30.3. The molecule has 0 spiro atoms. The molecule has 9 nitrogen and oxygen atoms in total. The molecule has 2 aliphatic rings. The van der Waals surface area contributed by atoms with E-state index in [2.05, 4.69) is 10.2 Å². The molecule has 1 fully saturated rings. The van der Waals surface area contributed by atoms with Gasteiger partial charge in [0, 0.05) is 55.6 Å². The van der Waals surface area contributed by atoms with Gasteiger partial charge in [0.05, 0.1) is 18.2 Å². The van der Waals surface area contributed by atoms with Crippen LogP contribution in [0, 0.1) is 0 Å². The van der Waals surface area contributed by atoms with E-state index in [1.54, 1.807) is 36.1 Å². The minimum absolute atomic E-state index is 0.0485. The minimum atomic E-state index is -0.726. The topological polar surface area (TPSA) is 91.4 Å². The number of urea groups is 1. The Hall–Kier alpha value is -4.34. The van der Waals surface area contributed by atoms with Crippen molar-refractivity contribution >= 4 is 29.5 Å². The van der Waals surface area contributed by atoms with Crippen molar-refractivity contribution in [2.75, 3.05) is 45.9 Å². The molecular formula is C33H35ClN4O5. The van der Waals surface area contributed by atoms with E-state index in [1.807, 2.05) is 66.4 Å². The Morgan fingerprint density at radius 2 is 1.60 bits per heavy atom. The third kappa shape index (κ3) is 7.01. The van der Waals surface area contributed by atoms with Crippen molar-refractivity contribution in [3.05, 3.63) is 106 Å². The first-order valence-electron chi connectivity index (χ1n) is 14.5. The lowest BCUT2D eigenvalue weighted by Crippen LogP contribution is -2.53. The summed E-state index contributed by atoms with van der Waals surface area (Å²) in [6, 6.07) is 22.6. The highest BCUT2D eigenvalue weighted by Crippen LogP contribution is 2.34. The van der Waals surface area contributed by atoms with Gasteiger partial charge in [-0.25, -0.2) is 9.59 Å². The Labute approximate surface area is 256 Å². The van der Waals surface area contributed by atoms with Crippen LogP contribution in [0.5, 0.6) is 11.5 Å². The first-order valence-corrected chi connectivity index (χ1v) is 14.8. The maximum absolute atomic E-state index is 13.5. The van der Waals surface area contributed by atoms with Gasteiger partial charge in [-0.15, -0.1) is 0 Å². The van der Waals surface area contributed by atoms with Crippen LogP contribution in [0.15, 0.2) is 90.1 Å². The molecular weight excluding hydrogens is 568 g/mol. The molecule has 1 atom stereocenters. The van der Waals surface area contributed by atoms with Gasteiger partial charge in [0.2, 0.25) is 0 Å². The van der Waals surface area contributed by atoms with Crippen molar-refractivity contribution in [1.29, 1.82) is 0 Å². The van der Waals surface area contributed by atoms with Gasteiger partial charge in [0.25, 0.3) is 5.91 Å². The highest BCUT2D eigenvalue weighted by atomic mass is 35.5. The van der Waals surface area contributed by atoms with Crippen molar-refractivity contribution in [2.45, 2.75) is 19.9 Å². The zero-order valence-electron chi connectivity index (χ0n) is 24.3. The molecule has 1 N–H and O–H groups in total. The lowest BCUT2D eigenvalue weighted by Gasteiger charge is -2.40. The number of ether oxygens (including phenoxy) is 2. The molecule has 0 saturated carbocycles. The van der Waals surface area contributed by atoms with Crippen molar-refractivity contribution in [2.24, 2.45) is 0 Å². The van der Waals surface area contributed by atoms with Crippen LogP contribution in [0.3, 0.4) is 0 Å². The fourth-order valence-corrected chi connectivity index (χ4v) is 5.51. The number of halogens is 1. The van der Waals surface area contributed by atoms with Crippen molar-refractivity contribution in [3.8, 4) is 11.5 Å². The molecule has 224 valence electrons. The first-order chi connectivity index (χ1) is 20.9. The maximum atomic E-state index is 13.5. The summed E-state index contributed by atoms with van der Waals surface area (Å²) in [5.41, 5.74) is 2.28. The Morgan fingerprint density at radius 1 is 0.907 bits per heavy atom. The summed E-state index contributed by atoms with van der Waals surface area (Å²) >= 11 is 5.98. The summed E-state index contributed by atoms with van der Waals surface area (Å²) in [6.07, 6.45) is 0. The Kier molecular flexibility index (Phi) is 9.64. The number of nitrogens with zero attached hydrogens (tertiary/aromatic N) is 3. The van der Waals surface area contributed by atoms with Crippen LogP contribution in [0.2, 0.25) is 5.02 Å². The fraction of sp³-hybridized carbons (Fsp3) is 0.303. The largest absolute Gasteiger partial charge is 0.463 e. The summed E-state index contributed by atoms with van der Waals surface area (Å²) in [5, 5.41) is 3.60. The van der Waals surface area contributed by atoms with E-state index in [9.17, 15) is 14.4 Å². The van der Waals surface area contributed by atoms with Gasteiger partial charge < -0.3 is 19.7 Å². The molecule has 1 unspecified atom stereocenters. The molecule has 0 bridgehead atoms. The van der Waals surface area contributed by atoms with E-state index < -0.39 is 12.0 Å². The molecule has 2 heterocycles. The zero-order valence-corrected chi connectivity index (χ0v) is 25.0. The molecule has 0 aliphatic carbocycles.